The zero-order valence-corrected chi connectivity index (χ0v) is 13.5. The molecule has 1 rings (SSSR count). The Bertz CT molecular complexity index is 567. The second kappa shape index (κ2) is 7.42. The Morgan fingerprint density at radius 3 is 2.24 bits per heavy atom. The first-order valence-corrected chi connectivity index (χ1v) is 8.52. The van der Waals surface area contributed by atoms with Gasteiger partial charge in [-0.2, -0.15) is 0 Å². The third-order valence-electron chi connectivity index (χ3n) is 2.87. The van der Waals surface area contributed by atoms with Gasteiger partial charge in [0, 0.05) is 5.69 Å². The van der Waals surface area contributed by atoms with E-state index in [0.717, 1.165) is 11.8 Å². The highest BCUT2D eigenvalue weighted by Crippen LogP contribution is 2.12. The van der Waals surface area contributed by atoms with Gasteiger partial charge in [-0.3, -0.25) is 9.52 Å². The van der Waals surface area contributed by atoms with Crippen LogP contribution in [0.4, 0.5) is 5.69 Å². The SMILES string of the molecule is CN[C@H](C(=O)OCc1ccc(NS(C)(=O)=O)cc1)C(C)C. The normalized spacial score (nSPS) is 13.0. The van der Waals surface area contributed by atoms with E-state index in [0.29, 0.717) is 5.69 Å². The number of nitrogens with one attached hydrogen (secondary N) is 2. The molecule has 0 radical (unpaired) electrons. The van der Waals surface area contributed by atoms with Crippen molar-refractivity contribution in [1.82, 2.24) is 5.32 Å². The maximum Gasteiger partial charge on any atom is 0.323 e. The second-order valence-corrected chi connectivity index (χ2v) is 6.94. The van der Waals surface area contributed by atoms with Crippen molar-refractivity contribution >= 4 is 21.7 Å². The molecule has 21 heavy (non-hydrogen) atoms. The Balaban J connectivity index is 2.59. The Morgan fingerprint density at radius 1 is 1.24 bits per heavy atom. The number of anilines is 1. The van der Waals surface area contributed by atoms with Gasteiger partial charge in [-0.25, -0.2) is 8.42 Å². The van der Waals surface area contributed by atoms with Crippen LogP contribution in [0.5, 0.6) is 0 Å². The smallest absolute Gasteiger partial charge is 0.323 e. The van der Waals surface area contributed by atoms with E-state index in [1.165, 1.54) is 0 Å². The summed E-state index contributed by atoms with van der Waals surface area (Å²) >= 11 is 0. The fourth-order valence-corrected chi connectivity index (χ4v) is 2.41. The molecule has 0 aliphatic carbocycles. The number of ether oxygens (including phenoxy) is 1. The molecule has 0 heterocycles. The Hall–Kier alpha value is -1.60. The van der Waals surface area contributed by atoms with Crippen LogP contribution in [0.15, 0.2) is 24.3 Å². The van der Waals surface area contributed by atoms with Crippen molar-refractivity contribution in [3.05, 3.63) is 29.8 Å². The molecule has 1 aromatic carbocycles. The van der Waals surface area contributed by atoms with Crippen LogP contribution in [0.2, 0.25) is 0 Å². The first-order chi connectivity index (χ1) is 9.73. The number of likely N-dealkylation sites (N-methyl/N-ethyl adjacent to an activating group) is 1. The number of hydrogen-bond acceptors (Lipinski definition) is 5. The molecule has 1 aromatic rings. The van der Waals surface area contributed by atoms with Gasteiger partial charge in [-0.15, -0.1) is 0 Å². The number of rotatable bonds is 7. The second-order valence-electron chi connectivity index (χ2n) is 5.19. The summed E-state index contributed by atoms with van der Waals surface area (Å²) in [4.78, 5) is 11.9. The van der Waals surface area contributed by atoms with Crippen LogP contribution in [0.1, 0.15) is 19.4 Å². The highest BCUT2D eigenvalue weighted by Gasteiger charge is 2.21. The minimum atomic E-state index is -3.28. The highest BCUT2D eigenvalue weighted by atomic mass is 32.2. The molecule has 1 atom stereocenters. The minimum absolute atomic E-state index is 0.142. The summed E-state index contributed by atoms with van der Waals surface area (Å²) in [7, 11) is -1.56. The van der Waals surface area contributed by atoms with Gasteiger partial charge in [-0.05, 0) is 30.7 Å². The van der Waals surface area contributed by atoms with E-state index in [4.69, 9.17) is 4.74 Å². The summed E-state index contributed by atoms with van der Waals surface area (Å²) in [6.07, 6.45) is 1.09. The standard InChI is InChI=1S/C14H22N2O4S/c1-10(2)13(15-3)14(17)20-9-11-5-7-12(8-6-11)16-21(4,18)19/h5-8,10,13,15-16H,9H2,1-4H3/t13-/m0/s1. The maximum absolute atomic E-state index is 11.9. The lowest BCUT2D eigenvalue weighted by atomic mass is 10.1. The van der Waals surface area contributed by atoms with Crippen LogP contribution in [0.3, 0.4) is 0 Å². The quantitative estimate of drug-likeness (QED) is 0.742. The minimum Gasteiger partial charge on any atom is -0.460 e. The number of carbonyl (C=O) groups is 1. The van der Waals surface area contributed by atoms with Gasteiger partial charge in [0.15, 0.2) is 0 Å². The van der Waals surface area contributed by atoms with E-state index in [1.54, 1.807) is 31.3 Å². The summed E-state index contributed by atoms with van der Waals surface area (Å²) in [6, 6.07) is 6.34. The molecule has 0 aliphatic heterocycles. The molecular weight excluding hydrogens is 292 g/mol. The van der Waals surface area contributed by atoms with E-state index < -0.39 is 10.0 Å². The fraction of sp³-hybridized carbons (Fsp3) is 0.500. The predicted octanol–water partition coefficient (Wildman–Crippen LogP) is 1.35. The zero-order chi connectivity index (χ0) is 16.0. The predicted molar refractivity (Wildman–Crippen MR) is 82.4 cm³/mol. The van der Waals surface area contributed by atoms with Crippen LogP contribution < -0.4 is 10.0 Å². The van der Waals surface area contributed by atoms with Crippen molar-refractivity contribution in [1.29, 1.82) is 0 Å². The molecule has 2 N–H and O–H groups in total. The lowest BCUT2D eigenvalue weighted by Crippen LogP contribution is -2.39. The van der Waals surface area contributed by atoms with Crippen LogP contribution >= 0.6 is 0 Å². The van der Waals surface area contributed by atoms with Crippen LogP contribution in [0.25, 0.3) is 0 Å². The molecule has 0 spiro atoms. The molecule has 6 nitrogen and oxygen atoms in total. The van der Waals surface area contributed by atoms with E-state index in [9.17, 15) is 13.2 Å². The molecule has 0 saturated carbocycles. The molecule has 0 bridgehead atoms. The molecule has 0 unspecified atom stereocenters. The summed E-state index contributed by atoms with van der Waals surface area (Å²) < 4.78 is 29.8. The average molecular weight is 314 g/mol. The van der Waals surface area contributed by atoms with Gasteiger partial charge in [0.25, 0.3) is 0 Å². The molecule has 7 heteroatoms. The first kappa shape index (κ1) is 17.5. The zero-order valence-electron chi connectivity index (χ0n) is 12.7. The maximum atomic E-state index is 11.9. The van der Waals surface area contributed by atoms with Gasteiger partial charge in [0.05, 0.1) is 6.26 Å². The third-order valence-corrected chi connectivity index (χ3v) is 3.48. The van der Waals surface area contributed by atoms with Crippen molar-refractivity contribution in [2.45, 2.75) is 26.5 Å². The summed E-state index contributed by atoms with van der Waals surface area (Å²) in [6.45, 7) is 4.03. The van der Waals surface area contributed by atoms with Crippen molar-refractivity contribution in [2.24, 2.45) is 5.92 Å². The van der Waals surface area contributed by atoms with Crippen molar-refractivity contribution in [3.8, 4) is 0 Å². The molecule has 118 valence electrons. The summed E-state index contributed by atoms with van der Waals surface area (Å²) in [5, 5.41) is 2.92. The summed E-state index contributed by atoms with van der Waals surface area (Å²) in [5.74, 6) is -0.158. The van der Waals surface area contributed by atoms with Crippen molar-refractivity contribution < 1.29 is 17.9 Å². The van der Waals surface area contributed by atoms with Crippen LogP contribution in [-0.2, 0) is 26.2 Å². The Labute approximate surface area is 125 Å². The fourth-order valence-electron chi connectivity index (χ4n) is 1.85. The van der Waals surface area contributed by atoms with Crippen LogP contribution in [-0.4, -0.2) is 33.7 Å². The number of esters is 1. The Morgan fingerprint density at radius 2 is 1.81 bits per heavy atom. The monoisotopic (exact) mass is 314 g/mol. The van der Waals surface area contributed by atoms with Gasteiger partial charge in [-0.1, -0.05) is 26.0 Å². The lowest BCUT2D eigenvalue weighted by molar-refractivity contribution is -0.148. The topological polar surface area (TPSA) is 84.5 Å². The number of benzene rings is 1. The van der Waals surface area contributed by atoms with E-state index >= 15 is 0 Å². The van der Waals surface area contributed by atoms with Gasteiger partial charge in [0.1, 0.15) is 12.6 Å². The average Bonchev–Trinajstić information content (AvgIpc) is 2.36. The molecule has 0 amide bonds. The third kappa shape index (κ3) is 6.14. The van der Waals surface area contributed by atoms with Gasteiger partial charge in [0.2, 0.25) is 10.0 Å². The molecule has 0 aromatic heterocycles. The Kier molecular flexibility index (Phi) is 6.17. The molecule has 0 saturated heterocycles. The summed E-state index contributed by atoms with van der Waals surface area (Å²) in [5.41, 5.74) is 1.27. The molecular formula is C14H22N2O4S. The lowest BCUT2D eigenvalue weighted by Gasteiger charge is -2.18. The number of hydrogen-bond donors (Lipinski definition) is 2. The number of carbonyl (C=O) groups excluding carboxylic acids is 1. The van der Waals surface area contributed by atoms with E-state index in [-0.39, 0.29) is 24.5 Å². The highest BCUT2D eigenvalue weighted by molar-refractivity contribution is 7.92. The molecule has 0 fully saturated rings. The largest absolute Gasteiger partial charge is 0.460 e. The van der Waals surface area contributed by atoms with Crippen LogP contribution in [0, 0.1) is 5.92 Å². The van der Waals surface area contributed by atoms with E-state index in [2.05, 4.69) is 10.0 Å². The van der Waals surface area contributed by atoms with E-state index in [1.807, 2.05) is 13.8 Å². The van der Waals surface area contributed by atoms with Crippen molar-refractivity contribution in [2.75, 3.05) is 18.0 Å². The molecule has 0 aliphatic rings. The van der Waals surface area contributed by atoms with Gasteiger partial charge >= 0.3 is 5.97 Å². The number of sulfonamides is 1. The van der Waals surface area contributed by atoms with Crippen molar-refractivity contribution in [3.63, 3.8) is 0 Å². The van der Waals surface area contributed by atoms with Gasteiger partial charge < -0.3 is 10.1 Å². The first-order valence-electron chi connectivity index (χ1n) is 6.63.